The van der Waals surface area contributed by atoms with Gasteiger partial charge in [-0.25, -0.2) is 0 Å². The molecule has 0 bridgehead atoms. The summed E-state index contributed by atoms with van der Waals surface area (Å²) in [6.45, 7) is 0. The van der Waals surface area contributed by atoms with Gasteiger partial charge in [0.2, 0.25) is 0 Å². The molecule has 8 aromatic carbocycles. The average molecular weight is 1040 g/mol. The summed E-state index contributed by atoms with van der Waals surface area (Å²) in [5.41, 5.74) is -1.06. The number of rotatable bonds is 11. The molecule has 0 spiro atoms. The quantitative estimate of drug-likeness (QED) is 0.0442. The monoisotopic (exact) mass is 1040 g/mol. The molecule has 69 heavy (non-hydrogen) atoms. The standard InChI is InChI=1S/C40H26N6O18S5/c47-33-3-1-2-23-34(67(56,57)58)15-13-31(37(23)33)45-42-28-10-11-29(25-16-19(65(50,51)52)5-7-22(25)28)43-41-27-9-12-30(26-17-20(66(53,54)55)4-6-21(26)27)44-46-32-18-36(69(62,63)64)39(48)24-8-14-35(68(59,60)61)40(49)38(24)32/h1-18,47-49H,(H,50,51,52)(H,53,54,55)(H,56,57,58)(H,59,60,61)(H,62,63,64). The lowest BCUT2D eigenvalue weighted by molar-refractivity contribution is 0.441. The number of aromatic hydroxyl groups is 3. The fourth-order valence-corrected chi connectivity index (χ4v) is 10.0. The lowest BCUT2D eigenvalue weighted by atomic mass is 10.1. The van der Waals surface area contributed by atoms with Crippen LogP contribution in [0.1, 0.15) is 0 Å². The summed E-state index contributed by atoms with van der Waals surface area (Å²) >= 11 is 0. The third-order valence-corrected chi connectivity index (χ3v) is 14.6. The van der Waals surface area contributed by atoms with Crippen LogP contribution >= 0.6 is 0 Å². The zero-order valence-electron chi connectivity index (χ0n) is 33.8. The maximum Gasteiger partial charge on any atom is 0.298 e. The van der Waals surface area contributed by atoms with E-state index in [0.29, 0.717) is 12.1 Å². The molecule has 0 aliphatic heterocycles. The van der Waals surface area contributed by atoms with Crippen molar-refractivity contribution in [2.75, 3.05) is 0 Å². The van der Waals surface area contributed by atoms with E-state index in [2.05, 4.69) is 30.7 Å². The molecule has 0 heterocycles. The molecule has 24 nitrogen and oxygen atoms in total. The van der Waals surface area contributed by atoms with Crippen LogP contribution in [0.5, 0.6) is 17.2 Å². The minimum absolute atomic E-state index is 0.00827. The summed E-state index contributed by atoms with van der Waals surface area (Å²) in [5.74, 6) is -2.77. The lowest BCUT2D eigenvalue weighted by Crippen LogP contribution is -2.01. The van der Waals surface area contributed by atoms with Crippen LogP contribution < -0.4 is 0 Å². The molecule has 0 saturated carbocycles. The SMILES string of the molecule is O=S(=O)(O)c1ccc2c(N=Nc3ccc(S(=O)(=O)O)c4cccc(O)c34)ccc(N=Nc3ccc(N=Nc4cc(S(=O)(=O)O)c(O)c5ccc(S(=O)(=O)O)c(O)c45)c4cc(S(=O)(=O)O)ccc34)c2c1. The van der Waals surface area contributed by atoms with Gasteiger partial charge in [0, 0.05) is 32.3 Å². The number of nitrogens with zero attached hydrogens (tertiary/aromatic N) is 6. The molecular weight excluding hydrogens is 1010 g/mol. The molecule has 8 N–H and O–H groups in total. The van der Waals surface area contributed by atoms with Gasteiger partial charge < -0.3 is 15.3 Å². The summed E-state index contributed by atoms with van der Waals surface area (Å²) < 4.78 is 171. The van der Waals surface area contributed by atoms with Crippen LogP contribution in [0.25, 0.3) is 43.1 Å². The predicted molar refractivity (Wildman–Crippen MR) is 242 cm³/mol. The van der Waals surface area contributed by atoms with Crippen LogP contribution in [-0.4, -0.2) is 80.2 Å². The Morgan fingerprint density at radius 3 is 1.17 bits per heavy atom. The van der Waals surface area contributed by atoms with Crippen molar-refractivity contribution in [3.05, 3.63) is 109 Å². The second-order valence-electron chi connectivity index (χ2n) is 14.5. The molecule has 0 aliphatic rings. The van der Waals surface area contributed by atoms with Gasteiger partial charge in [-0.3, -0.25) is 22.8 Å². The predicted octanol–water partition coefficient (Wildman–Crippen LogP) is 8.90. The first kappa shape index (κ1) is 48.0. The van der Waals surface area contributed by atoms with E-state index in [1.165, 1.54) is 60.7 Å². The van der Waals surface area contributed by atoms with Gasteiger partial charge in [-0.2, -0.15) is 42.1 Å². The van der Waals surface area contributed by atoms with Crippen LogP contribution in [0.3, 0.4) is 0 Å². The Hall–Kier alpha value is -7.45. The van der Waals surface area contributed by atoms with Gasteiger partial charge in [0.05, 0.1) is 54.7 Å². The van der Waals surface area contributed by atoms with E-state index < -0.39 is 109 Å². The van der Waals surface area contributed by atoms with E-state index >= 15 is 0 Å². The third-order valence-electron chi connectivity index (χ3n) is 10.2. The molecule has 0 aliphatic carbocycles. The lowest BCUT2D eigenvalue weighted by Gasteiger charge is -2.12. The first-order chi connectivity index (χ1) is 32.1. The van der Waals surface area contributed by atoms with Crippen molar-refractivity contribution in [1.29, 1.82) is 0 Å². The topological polar surface area (TPSA) is 407 Å². The minimum Gasteiger partial charge on any atom is -0.507 e. The van der Waals surface area contributed by atoms with Crippen molar-refractivity contribution >= 4 is 128 Å². The first-order valence-electron chi connectivity index (χ1n) is 18.7. The molecule has 0 atom stereocenters. The molecule has 354 valence electrons. The van der Waals surface area contributed by atoms with Crippen LogP contribution in [0.15, 0.2) is 164 Å². The highest BCUT2D eigenvalue weighted by Crippen LogP contribution is 2.47. The summed E-state index contributed by atoms with van der Waals surface area (Å²) in [5, 5.41) is 55.7. The van der Waals surface area contributed by atoms with E-state index in [1.54, 1.807) is 0 Å². The molecule has 0 aromatic heterocycles. The summed E-state index contributed by atoms with van der Waals surface area (Å²) in [4.78, 5) is -4.03. The van der Waals surface area contributed by atoms with Gasteiger partial charge >= 0.3 is 0 Å². The smallest absolute Gasteiger partial charge is 0.298 e. The summed E-state index contributed by atoms with van der Waals surface area (Å²) in [7, 11) is -24.8. The number of hydrogen-bond acceptors (Lipinski definition) is 19. The Labute approximate surface area is 387 Å². The Balaban J connectivity index is 1.27. The third kappa shape index (κ3) is 9.28. The van der Waals surface area contributed by atoms with Crippen LogP contribution in [0.2, 0.25) is 0 Å². The maximum atomic E-state index is 12.3. The van der Waals surface area contributed by atoms with Gasteiger partial charge in [0.25, 0.3) is 50.6 Å². The van der Waals surface area contributed by atoms with Gasteiger partial charge in [-0.1, -0.05) is 24.3 Å². The molecule has 0 saturated heterocycles. The van der Waals surface area contributed by atoms with Crippen molar-refractivity contribution < 1.29 is 80.2 Å². The van der Waals surface area contributed by atoms with E-state index in [-0.39, 0.29) is 60.8 Å². The molecule has 29 heteroatoms. The molecule has 0 fully saturated rings. The van der Waals surface area contributed by atoms with Crippen molar-refractivity contribution in [2.24, 2.45) is 30.7 Å². The van der Waals surface area contributed by atoms with Gasteiger partial charge in [0.15, 0.2) is 0 Å². The fraction of sp³-hybridized carbons (Fsp3) is 0. The van der Waals surface area contributed by atoms with Crippen molar-refractivity contribution in [2.45, 2.75) is 24.5 Å². The number of azo groups is 3. The zero-order chi connectivity index (χ0) is 50.2. The Bertz CT molecular complexity index is 4260. The molecule has 8 rings (SSSR count). The number of phenols is 3. The highest BCUT2D eigenvalue weighted by atomic mass is 32.2. The minimum atomic E-state index is -5.23. The number of hydrogen-bond donors (Lipinski definition) is 8. The molecule has 0 unspecified atom stereocenters. The maximum absolute atomic E-state index is 12.3. The zero-order valence-corrected chi connectivity index (χ0v) is 37.9. The van der Waals surface area contributed by atoms with Crippen LogP contribution in [0, 0.1) is 0 Å². The van der Waals surface area contributed by atoms with Crippen LogP contribution in [0.4, 0.5) is 34.1 Å². The van der Waals surface area contributed by atoms with E-state index in [9.17, 15) is 80.2 Å². The van der Waals surface area contributed by atoms with E-state index in [4.69, 9.17) is 0 Å². The Kier molecular flexibility index (Phi) is 11.8. The number of benzene rings is 8. The second-order valence-corrected chi connectivity index (χ2v) is 21.5. The van der Waals surface area contributed by atoms with Crippen LogP contribution in [-0.2, 0) is 50.6 Å². The largest absolute Gasteiger partial charge is 0.507 e. The van der Waals surface area contributed by atoms with E-state index in [1.807, 2.05) is 0 Å². The van der Waals surface area contributed by atoms with Crippen molar-refractivity contribution in [3.63, 3.8) is 0 Å². The van der Waals surface area contributed by atoms with Gasteiger partial charge in [0.1, 0.15) is 31.9 Å². The highest BCUT2D eigenvalue weighted by Gasteiger charge is 2.27. The molecule has 0 amide bonds. The highest BCUT2D eigenvalue weighted by molar-refractivity contribution is 7.87. The molecular formula is C40H26N6O18S5. The average Bonchev–Trinajstić information content (AvgIpc) is 3.25. The number of fused-ring (bicyclic) bond motifs is 4. The summed E-state index contributed by atoms with van der Waals surface area (Å²) in [6.07, 6.45) is 0. The van der Waals surface area contributed by atoms with E-state index in [0.717, 1.165) is 36.4 Å². The Morgan fingerprint density at radius 2 is 0.710 bits per heavy atom. The number of phenolic OH excluding ortho intramolecular Hbond substituents is 3. The van der Waals surface area contributed by atoms with Gasteiger partial charge in [-0.15, -0.1) is 30.7 Å². The normalized spacial score (nSPS) is 13.3. The van der Waals surface area contributed by atoms with Crippen molar-refractivity contribution in [3.8, 4) is 17.2 Å². The second kappa shape index (κ2) is 17.0. The van der Waals surface area contributed by atoms with Gasteiger partial charge in [-0.05, 0) is 84.9 Å². The first-order valence-corrected chi connectivity index (χ1v) is 25.9. The molecule has 8 aromatic rings. The summed E-state index contributed by atoms with van der Waals surface area (Å²) in [6, 6.07) is 19.6. The molecule has 0 radical (unpaired) electrons. The fourth-order valence-electron chi connectivity index (χ4n) is 7.15. The van der Waals surface area contributed by atoms with Crippen molar-refractivity contribution in [1.82, 2.24) is 0 Å². The Morgan fingerprint density at radius 1 is 0.304 bits per heavy atom.